The van der Waals surface area contributed by atoms with Gasteiger partial charge in [-0.1, -0.05) is 30.3 Å². The summed E-state index contributed by atoms with van der Waals surface area (Å²) in [6, 6.07) is 15.6. The largest absolute Gasteiger partial charge is 0.497 e. The standard InChI is InChI=1S/C21H22N2O3/c1-25-16-9-10-17-18(12-16)26-20(19(17)14-6-3-2-4-7-14)21(24)23-15-8-5-11-22-13-15/h2-4,6-7,9-10,12,15,22H,5,8,11,13H2,1H3,(H,23,24)/t15-/m0/s1. The second-order valence-corrected chi connectivity index (χ2v) is 6.55. The minimum atomic E-state index is -0.173. The number of furan rings is 1. The van der Waals surface area contributed by atoms with Crippen LogP contribution in [0.5, 0.6) is 5.75 Å². The summed E-state index contributed by atoms with van der Waals surface area (Å²) in [5.41, 5.74) is 2.43. The lowest BCUT2D eigenvalue weighted by Gasteiger charge is -2.23. The Hall–Kier alpha value is -2.79. The third-order valence-corrected chi connectivity index (χ3v) is 4.80. The molecule has 2 N–H and O–H groups in total. The topological polar surface area (TPSA) is 63.5 Å². The lowest BCUT2D eigenvalue weighted by Crippen LogP contribution is -2.45. The highest BCUT2D eigenvalue weighted by molar-refractivity contribution is 6.08. The fraction of sp³-hybridized carbons (Fsp3) is 0.286. The number of benzene rings is 2. The number of carbonyl (C=O) groups excluding carboxylic acids is 1. The molecule has 4 rings (SSSR count). The van der Waals surface area contributed by atoms with Crippen LogP contribution in [0.25, 0.3) is 22.1 Å². The van der Waals surface area contributed by atoms with Crippen LogP contribution < -0.4 is 15.4 Å². The van der Waals surface area contributed by atoms with E-state index in [0.717, 1.165) is 42.4 Å². The summed E-state index contributed by atoms with van der Waals surface area (Å²) in [7, 11) is 1.62. The van der Waals surface area contributed by atoms with Gasteiger partial charge in [0, 0.05) is 29.6 Å². The number of fused-ring (bicyclic) bond motifs is 1. The third-order valence-electron chi connectivity index (χ3n) is 4.80. The van der Waals surface area contributed by atoms with Crippen LogP contribution in [0.4, 0.5) is 0 Å². The first-order valence-corrected chi connectivity index (χ1v) is 8.94. The molecule has 3 aromatic rings. The van der Waals surface area contributed by atoms with Crippen LogP contribution in [0.1, 0.15) is 23.4 Å². The van der Waals surface area contributed by atoms with Crippen LogP contribution >= 0.6 is 0 Å². The Labute approximate surface area is 152 Å². The van der Waals surface area contributed by atoms with Gasteiger partial charge < -0.3 is 19.8 Å². The summed E-state index contributed by atoms with van der Waals surface area (Å²) in [5, 5.41) is 7.33. The van der Waals surface area contributed by atoms with Crippen molar-refractivity contribution in [2.45, 2.75) is 18.9 Å². The zero-order valence-corrected chi connectivity index (χ0v) is 14.7. The van der Waals surface area contributed by atoms with Crippen molar-refractivity contribution in [3.63, 3.8) is 0 Å². The fourth-order valence-corrected chi connectivity index (χ4v) is 3.48. The third kappa shape index (κ3) is 3.18. The van der Waals surface area contributed by atoms with Gasteiger partial charge in [-0.05, 0) is 37.1 Å². The zero-order chi connectivity index (χ0) is 17.9. The molecule has 5 nitrogen and oxygen atoms in total. The van der Waals surface area contributed by atoms with E-state index in [1.165, 1.54) is 0 Å². The Kier molecular flexibility index (Phi) is 4.63. The molecule has 0 bridgehead atoms. The number of hydrogen-bond donors (Lipinski definition) is 2. The van der Waals surface area contributed by atoms with Gasteiger partial charge in [-0.25, -0.2) is 0 Å². The highest BCUT2D eigenvalue weighted by atomic mass is 16.5. The van der Waals surface area contributed by atoms with E-state index >= 15 is 0 Å². The van der Waals surface area contributed by atoms with Gasteiger partial charge in [0.25, 0.3) is 5.91 Å². The molecule has 26 heavy (non-hydrogen) atoms. The minimum absolute atomic E-state index is 0.127. The van der Waals surface area contributed by atoms with Crippen molar-refractivity contribution in [3.05, 3.63) is 54.3 Å². The van der Waals surface area contributed by atoms with Crippen LogP contribution in [0.3, 0.4) is 0 Å². The molecule has 0 radical (unpaired) electrons. The summed E-state index contributed by atoms with van der Waals surface area (Å²) < 4.78 is 11.3. The number of ether oxygens (including phenoxy) is 1. The predicted molar refractivity (Wildman–Crippen MR) is 102 cm³/mol. The van der Waals surface area contributed by atoms with Crippen molar-refractivity contribution >= 4 is 16.9 Å². The lowest BCUT2D eigenvalue weighted by atomic mass is 10.0. The Morgan fingerprint density at radius 1 is 1.23 bits per heavy atom. The van der Waals surface area contributed by atoms with E-state index in [1.807, 2.05) is 48.5 Å². The zero-order valence-electron chi connectivity index (χ0n) is 14.7. The second kappa shape index (κ2) is 7.22. The van der Waals surface area contributed by atoms with Gasteiger partial charge in [0.05, 0.1) is 7.11 Å². The molecule has 134 valence electrons. The maximum absolute atomic E-state index is 13.0. The summed E-state index contributed by atoms with van der Waals surface area (Å²) in [4.78, 5) is 13.0. The number of piperidine rings is 1. The average Bonchev–Trinajstić information content (AvgIpc) is 3.08. The lowest BCUT2D eigenvalue weighted by molar-refractivity contribution is 0.0905. The summed E-state index contributed by atoms with van der Waals surface area (Å²) >= 11 is 0. The molecule has 0 spiro atoms. The number of amides is 1. The van der Waals surface area contributed by atoms with E-state index in [1.54, 1.807) is 7.11 Å². The summed E-state index contributed by atoms with van der Waals surface area (Å²) in [5.74, 6) is 0.882. The van der Waals surface area contributed by atoms with Crippen LogP contribution in [0.15, 0.2) is 52.9 Å². The van der Waals surface area contributed by atoms with Crippen LogP contribution in [-0.4, -0.2) is 32.1 Å². The van der Waals surface area contributed by atoms with E-state index < -0.39 is 0 Å². The highest BCUT2D eigenvalue weighted by Crippen LogP contribution is 2.36. The summed E-state index contributed by atoms with van der Waals surface area (Å²) in [6.45, 7) is 1.80. The van der Waals surface area contributed by atoms with E-state index in [4.69, 9.17) is 9.15 Å². The highest BCUT2D eigenvalue weighted by Gasteiger charge is 2.24. The molecule has 1 aromatic heterocycles. The monoisotopic (exact) mass is 350 g/mol. The molecular formula is C21H22N2O3. The van der Waals surface area contributed by atoms with Crippen molar-refractivity contribution in [1.82, 2.24) is 10.6 Å². The fourth-order valence-electron chi connectivity index (χ4n) is 3.48. The molecule has 1 amide bonds. The van der Waals surface area contributed by atoms with Crippen LogP contribution in [0, 0.1) is 0 Å². The van der Waals surface area contributed by atoms with Gasteiger partial charge in [0.1, 0.15) is 11.3 Å². The van der Waals surface area contributed by atoms with Gasteiger partial charge in [-0.2, -0.15) is 0 Å². The van der Waals surface area contributed by atoms with Gasteiger partial charge in [0.15, 0.2) is 0 Å². The number of methoxy groups -OCH3 is 1. The van der Waals surface area contributed by atoms with Gasteiger partial charge >= 0.3 is 0 Å². The number of hydrogen-bond acceptors (Lipinski definition) is 4. The molecule has 1 aliphatic rings. The molecule has 0 unspecified atom stereocenters. The maximum Gasteiger partial charge on any atom is 0.287 e. The Balaban J connectivity index is 1.77. The quantitative estimate of drug-likeness (QED) is 0.755. The van der Waals surface area contributed by atoms with E-state index in [-0.39, 0.29) is 11.9 Å². The minimum Gasteiger partial charge on any atom is -0.497 e. The van der Waals surface area contributed by atoms with E-state index in [9.17, 15) is 4.79 Å². The average molecular weight is 350 g/mol. The van der Waals surface area contributed by atoms with Gasteiger partial charge in [0.2, 0.25) is 5.76 Å². The smallest absolute Gasteiger partial charge is 0.287 e. The Bertz CT molecular complexity index is 912. The molecule has 1 fully saturated rings. The SMILES string of the molecule is COc1ccc2c(-c3ccccc3)c(C(=O)N[C@H]3CCCNC3)oc2c1. The molecule has 2 heterocycles. The van der Waals surface area contributed by atoms with Crippen molar-refractivity contribution < 1.29 is 13.9 Å². The molecular weight excluding hydrogens is 328 g/mol. The van der Waals surface area contributed by atoms with Crippen molar-refractivity contribution in [1.29, 1.82) is 0 Å². The maximum atomic E-state index is 13.0. The molecule has 0 saturated carbocycles. The van der Waals surface area contributed by atoms with Crippen molar-refractivity contribution in [2.24, 2.45) is 0 Å². The normalized spacial score (nSPS) is 17.2. The molecule has 1 saturated heterocycles. The number of rotatable bonds is 4. The van der Waals surface area contributed by atoms with Crippen molar-refractivity contribution in [2.75, 3.05) is 20.2 Å². The Morgan fingerprint density at radius 3 is 2.81 bits per heavy atom. The van der Waals surface area contributed by atoms with Crippen molar-refractivity contribution in [3.8, 4) is 16.9 Å². The van der Waals surface area contributed by atoms with Crippen LogP contribution in [-0.2, 0) is 0 Å². The molecule has 1 atom stereocenters. The van der Waals surface area contributed by atoms with E-state index in [2.05, 4.69) is 10.6 Å². The molecule has 0 aliphatic carbocycles. The first-order chi connectivity index (χ1) is 12.8. The molecule has 1 aliphatic heterocycles. The molecule has 5 heteroatoms. The van der Waals surface area contributed by atoms with E-state index in [0.29, 0.717) is 17.1 Å². The van der Waals surface area contributed by atoms with Gasteiger partial charge in [-0.3, -0.25) is 4.79 Å². The summed E-state index contributed by atoms with van der Waals surface area (Å²) in [6.07, 6.45) is 2.04. The number of carbonyl (C=O) groups is 1. The predicted octanol–water partition coefficient (Wildman–Crippen LogP) is 3.59. The van der Waals surface area contributed by atoms with Gasteiger partial charge in [-0.15, -0.1) is 0 Å². The first-order valence-electron chi connectivity index (χ1n) is 8.94. The first kappa shape index (κ1) is 16.7. The second-order valence-electron chi connectivity index (χ2n) is 6.55. The van der Waals surface area contributed by atoms with Crippen LogP contribution in [0.2, 0.25) is 0 Å². The Morgan fingerprint density at radius 2 is 2.08 bits per heavy atom. The number of nitrogens with one attached hydrogen (secondary N) is 2. The molecule has 2 aromatic carbocycles.